The molecule has 156 valence electrons. The number of carbonyl (C=O) groups excluding carboxylic acids is 2. The van der Waals surface area contributed by atoms with Gasteiger partial charge < -0.3 is 20.1 Å². The zero-order valence-corrected chi connectivity index (χ0v) is 15.7. The number of carbonyl (C=O) groups is 2. The van der Waals surface area contributed by atoms with Crippen molar-refractivity contribution in [1.82, 2.24) is 5.32 Å². The maximum Gasteiger partial charge on any atom is 0.411 e. The molecular formula is C20H21F3N2O4. The minimum atomic E-state index is -4.38. The maximum atomic E-state index is 12.3. The van der Waals surface area contributed by atoms with Crippen molar-refractivity contribution >= 4 is 17.5 Å². The first-order valence-corrected chi connectivity index (χ1v) is 8.81. The highest BCUT2D eigenvalue weighted by Gasteiger charge is 2.27. The third kappa shape index (κ3) is 8.22. The van der Waals surface area contributed by atoms with Crippen LogP contribution in [-0.4, -0.2) is 37.7 Å². The van der Waals surface area contributed by atoms with Gasteiger partial charge in [-0.1, -0.05) is 18.2 Å². The van der Waals surface area contributed by atoms with Crippen LogP contribution in [0.3, 0.4) is 0 Å². The van der Waals surface area contributed by atoms with Crippen LogP contribution in [0.4, 0.5) is 18.9 Å². The van der Waals surface area contributed by atoms with Gasteiger partial charge in [-0.2, -0.15) is 13.2 Å². The summed E-state index contributed by atoms with van der Waals surface area (Å²) < 4.78 is 46.2. The molecule has 0 unspecified atom stereocenters. The third-order valence-corrected chi connectivity index (χ3v) is 3.59. The normalized spacial score (nSPS) is 11.0. The molecule has 2 N–H and O–H groups in total. The fourth-order valence-corrected chi connectivity index (χ4v) is 2.30. The molecule has 0 saturated carbocycles. The van der Waals surface area contributed by atoms with Gasteiger partial charge in [-0.15, -0.1) is 0 Å². The van der Waals surface area contributed by atoms with Crippen molar-refractivity contribution in [2.45, 2.75) is 19.7 Å². The summed E-state index contributed by atoms with van der Waals surface area (Å²) in [6, 6.07) is 12.6. The van der Waals surface area contributed by atoms with E-state index in [1.165, 1.54) is 24.3 Å². The molecule has 0 spiro atoms. The Morgan fingerprint density at radius 3 is 2.45 bits per heavy atom. The number of likely N-dealkylation sites (N-methyl/N-ethyl adjacent to an activating group) is 1. The van der Waals surface area contributed by atoms with Crippen LogP contribution >= 0.6 is 0 Å². The second-order valence-corrected chi connectivity index (χ2v) is 6.03. The Balaban J connectivity index is 1.89. The van der Waals surface area contributed by atoms with Crippen LogP contribution in [0.2, 0.25) is 0 Å². The first-order chi connectivity index (χ1) is 13.8. The number of benzene rings is 2. The van der Waals surface area contributed by atoms with Crippen molar-refractivity contribution < 1.29 is 32.2 Å². The Hall–Kier alpha value is -3.07. The van der Waals surface area contributed by atoms with Crippen molar-refractivity contribution in [3.8, 4) is 5.75 Å². The van der Waals surface area contributed by atoms with Gasteiger partial charge in [0, 0.05) is 23.9 Å². The van der Waals surface area contributed by atoms with Crippen LogP contribution in [0.1, 0.15) is 22.8 Å². The molecule has 0 heterocycles. The summed E-state index contributed by atoms with van der Waals surface area (Å²) in [6.07, 6.45) is -4.38. The fraction of sp³-hybridized carbons (Fsp3) is 0.300. The van der Waals surface area contributed by atoms with E-state index >= 15 is 0 Å². The average molecular weight is 410 g/mol. The number of rotatable bonds is 9. The minimum absolute atomic E-state index is 0.136. The first-order valence-electron chi connectivity index (χ1n) is 8.81. The van der Waals surface area contributed by atoms with E-state index in [0.29, 0.717) is 29.1 Å². The number of ether oxygens (including phenoxy) is 2. The summed E-state index contributed by atoms with van der Waals surface area (Å²) in [7, 11) is 0. The van der Waals surface area contributed by atoms with Gasteiger partial charge in [0.15, 0.2) is 6.61 Å². The van der Waals surface area contributed by atoms with E-state index in [2.05, 4.69) is 15.4 Å². The highest BCUT2D eigenvalue weighted by atomic mass is 19.4. The molecular weight excluding hydrogens is 389 g/mol. The van der Waals surface area contributed by atoms with Gasteiger partial charge in [0.25, 0.3) is 11.8 Å². The smallest absolute Gasteiger partial charge is 0.411 e. The van der Waals surface area contributed by atoms with Crippen LogP contribution in [0.15, 0.2) is 48.5 Å². The van der Waals surface area contributed by atoms with E-state index in [1.807, 2.05) is 0 Å². The van der Waals surface area contributed by atoms with Gasteiger partial charge >= 0.3 is 6.18 Å². The van der Waals surface area contributed by atoms with Crippen LogP contribution < -0.4 is 15.4 Å². The molecule has 0 bridgehead atoms. The monoisotopic (exact) mass is 410 g/mol. The molecule has 0 radical (unpaired) electrons. The van der Waals surface area contributed by atoms with E-state index in [9.17, 15) is 22.8 Å². The lowest BCUT2D eigenvalue weighted by Gasteiger charge is -2.10. The SMILES string of the molecule is CCNC(=O)COc1cccc(NC(=O)c2ccc(COCC(F)(F)F)cc2)c1. The van der Waals surface area contributed by atoms with E-state index in [1.54, 1.807) is 31.2 Å². The molecule has 2 amide bonds. The standard InChI is InChI=1S/C20H21F3N2O4/c1-2-24-18(26)12-29-17-5-3-4-16(10-17)25-19(27)15-8-6-14(7-9-15)11-28-13-20(21,22)23/h3-10H,2,11-13H2,1H3,(H,24,26)(H,25,27). The van der Waals surface area contributed by atoms with Gasteiger partial charge in [-0.05, 0) is 36.8 Å². The van der Waals surface area contributed by atoms with Crippen molar-refractivity contribution in [3.05, 3.63) is 59.7 Å². The highest BCUT2D eigenvalue weighted by Crippen LogP contribution is 2.19. The predicted octanol–water partition coefficient (Wildman–Crippen LogP) is 3.53. The average Bonchev–Trinajstić information content (AvgIpc) is 2.66. The highest BCUT2D eigenvalue weighted by molar-refractivity contribution is 6.04. The molecule has 0 aliphatic carbocycles. The number of amides is 2. The summed E-state index contributed by atoms with van der Waals surface area (Å²) in [4.78, 5) is 23.8. The molecule has 9 heteroatoms. The molecule has 0 atom stereocenters. The molecule has 0 aromatic heterocycles. The molecule has 0 fully saturated rings. The second kappa shape index (κ2) is 10.5. The lowest BCUT2D eigenvalue weighted by molar-refractivity contribution is -0.176. The van der Waals surface area contributed by atoms with E-state index in [0.717, 1.165) is 0 Å². The van der Waals surface area contributed by atoms with E-state index in [-0.39, 0.29) is 19.1 Å². The molecule has 29 heavy (non-hydrogen) atoms. The molecule has 2 aromatic carbocycles. The van der Waals surface area contributed by atoms with Crippen LogP contribution in [0.5, 0.6) is 5.75 Å². The fourth-order valence-electron chi connectivity index (χ4n) is 2.30. The van der Waals surface area contributed by atoms with Crippen LogP contribution in [0.25, 0.3) is 0 Å². The van der Waals surface area contributed by atoms with Crippen LogP contribution in [-0.2, 0) is 16.1 Å². The lowest BCUT2D eigenvalue weighted by Crippen LogP contribution is -2.28. The number of nitrogens with one attached hydrogen (secondary N) is 2. The number of alkyl halides is 3. The Morgan fingerprint density at radius 1 is 1.07 bits per heavy atom. The summed E-state index contributed by atoms with van der Waals surface area (Å²) in [5.74, 6) is -0.221. The minimum Gasteiger partial charge on any atom is -0.484 e. The van der Waals surface area contributed by atoms with Crippen molar-refractivity contribution in [3.63, 3.8) is 0 Å². The largest absolute Gasteiger partial charge is 0.484 e. The van der Waals surface area contributed by atoms with Crippen molar-refractivity contribution in [2.75, 3.05) is 25.1 Å². The van der Waals surface area contributed by atoms with Gasteiger partial charge in [-0.25, -0.2) is 0 Å². The second-order valence-electron chi connectivity index (χ2n) is 6.03. The van der Waals surface area contributed by atoms with Gasteiger partial charge in [0.05, 0.1) is 6.61 Å². The first kappa shape index (κ1) is 22.2. The van der Waals surface area contributed by atoms with Crippen molar-refractivity contribution in [1.29, 1.82) is 0 Å². The molecule has 2 rings (SSSR count). The molecule has 0 aliphatic heterocycles. The number of anilines is 1. The zero-order chi connectivity index (χ0) is 21.3. The topological polar surface area (TPSA) is 76.7 Å². The summed E-state index contributed by atoms with van der Waals surface area (Å²) in [5.41, 5.74) is 1.32. The molecule has 0 aliphatic rings. The summed E-state index contributed by atoms with van der Waals surface area (Å²) >= 11 is 0. The third-order valence-electron chi connectivity index (χ3n) is 3.59. The van der Waals surface area contributed by atoms with E-state index < -0.39 is 18.7 Å². The lowest BCUT2D eigenvalue weighted by atomic mass is 10.1. The Labute approximate surface area is 166 Å². The Bertz CT molecular complexity index is 823. The summed E-state index contributed by atoms with van der Waals surface area (Å²) in [5, 5.41) is 5.30. The van der Waals surface area contributed by atoms with Crippen molar-refractivity contribution in [2.24, 2.45) is 0 Å². The Kier molecular flexibility index (Phi) is 8.02. The quantitative estimate of drug-likeness (QED) is 0.663. The number of halogens is 3. The van der Waals surface area contributed by atoms with E-state index in [4.69, 9.17) is 4.74 Å². The van der Waals surface area contributed by atoms with Gasteiger partial charge in [0.1, 0.15) is 12.4 Å². The maximum absolute atomic E-state index is 12.3. The number of hydrogen-bond donors (Lipinski definition) is 2. The summed E-state index contributed by atoms with van der Waals surface area (Å²) in [6.45, 7) is 0.644. The molecule has 2 aromatic rings. The molecule has 0 saturated heterocycles. The zero-order valence-electron chi connectivity index (χ0n) is 15.7. The molecule has 6 nitrogen and oxygen atoms in total. The predicted molar refractivity (Wildman–Crippen MR) is 101 cm³/mol. The van der Waals surface area contributed by atoms with Gasteiger partial charge in [0.2, 0.25) is 0 Å². The number of hydrogen-bond acceptors (Lipinski definition) is 4. The Morgan fingerprint density at radius 2 is 1.79 bits per heavy atom. The van der Waals surface area contributed by atoms with Crippen LogP contribution in [0, 0.1) is 0 Å². The van der Waals surface area contributed by atoms with Gasteiger partial charge in [-0.3, -0.25) is 9.59 Å².